The van der Waals surface area contributed by atoms with Crippen molar-refractivity contribution in [3.8, 4) is 0 Å². The molecule has 0 amide bonds. The van der Waals surface area contributed by atoms with E-state index in [-0.39, 0.29) is 18.0 Å². The number of ether oxygens (including phenoxy) is 1. The number of benzene rings is 1. The van der Waals surface area contributed by atoms with Gasteiger partial charge in [-0.1, -0.05) is 26.0 Å². The van der Waals surface area contributed by atoms with Gasteiger partial charge in [0.15, 0.2) is 0 Å². The summed E-state index contributed by atoms with van der Waals surface area (Å²) in [6, 6.07) is 7.11. The Balaban J connectivity index is 0.000000686. The molecule has 2 nitrogen and oxygen atoms in total. The fraction of sp³-hybridized carbons (Fsp3) is 0.571. The molecule has 1 fully saturated rings. The number of likely N-dealkylation sites (tertiary alicyclic amines) is 1. The summed E-state index contributed by atoms with van der Waals surface area (Å²) in [6.45, 7) is 4.91. The lowest BCUT2D eigenvalue weighted by Gasteiger charge is -2.18. The van der Waals surface area contributed by atoms with E-state index in [0.717, 1.165) is 18.5 Å². The van der Waals surface area contributed by atoms with E-state index in [2.05, 4.69) is 11.9 Å². The predicted octanol–water partition coefficient (Wildman–Crippen LogP) is 3.24. The number of methoxy groups -OCH3 is 1. The van der Waals surface area contributed by atoms with Gasteiger partial charge in [-0.3, -0.25) is 4.90 Å². The number of nitrogens with zero attached hydrogens (tertiary/aromatic N) is 1. The second-order valence-electron chi connectivity index (χ2n) is 4.10. The Morgan fingerprint density at radius 3 is 2.59 bits per heavy atom. The minimum atomic E-state index is -0.165. The molecule has 1 aliphatic rings. The standard InChI is InChI=1S/C12H16FNO.C2H6/c1-14-8-11(15-2)7-12(14)9-4-3-5-10(13)6-9;1-2/h3-6,11-12H,7-8H2,1-2H3;1-2H3. The highest BCUT2D eigenvalue weighted by molar-refractivity contribution is 5.21. The first-order chi connectivity index (χ1) is 8.20. The van der Waals surface area contributed by atoms with Crippen LogP contribution in [0.3, 0.4) is 0 Å². The fourth-order valence-electron chi connectivity index (χ4n) is 2.23. The Bertz CT molecular complexity index is 343. The third-order valence-corrected chi connectivity index (χ3v) is 3.08. The van der Waals surface area contributed by atoms with Crippen LogP contribution in [-0.4, -0.2) is 31.7 Å². The summed E-state index contributed by atoms with van der Waals surface area (Å²) in [5.74, 6) is -0.165. The lowest BCUT2D eigenvalue weighted by molar-refractivity contribution is 0.111. The van der Waals surface area contributed by atoms with Gasteiger partial charge >= 0.3 is 0 Å². The highest BCUT2D eigenvalue weighted by atomic mass is 19.1. The van der Waals surface area contributed by atoms with Crippen LogP contribution in [0, 0.1) is 5.82 Å². The quantitative estimate of drug-likeness (QED) is 0.785. The van der Waals surface area contributed by atoms with Crippen molar-refractivity contribution in [2.45, 2.75) is 32.4 Å². The average molecular weight is 239 g/mol. The van der Waals surface area contributed by atoms with Crippen molar-refractivity contribution in [3.63, 3.8) is 0 Å². The molecular formula is C14H22FNO. The maximum Gasteiger partial charge on any atom is 0.123 e. The van der Waals surface area contributed by atoms with Crippen LogP contribution >= 0.6 is 0 Å². The van der Waals surface area contributed by atoms with Crippen molar-refractivity contribution in [2.75, 3.05) is 20.7 Å². The topological polar surface area (TPSA) is 12.5 Å². The SMILES string of the molecule is CC.COC1CC(c2cccc(F)c2)N(C)C1. The Morgan fingerprint density at radius 1 is 1.35 bits per heavy atom. The largest absolute Gasteiger partial charge is 0.380 e. The summed E-state index contributed by atoms with van der Waals surface area (Å²) in [5.41, 5.74) is 1.04. The van der Waals surface area contributed by atoms with Crippen LogP contribution in [0.5, 0.6) is 0 Å². The Hall–Kier alpha value is -0.930. The molecule has 0 aliphatic carbocycles. The smallest absolute Gasteiger partial charge is 0.123 e. The lowest BCUT2D eigenvalue weighted by atomic mass is 10.0. The molecule has 1 heterocycles. The zero-order valence-electron chi connectivity index (χ0n) is 11.1. The zero-order valence-corrected chi connectivity index (χ0v) is 11.1. The molecule has 1 saturated heterocycles. The van der Waals surface area contributed by atoms with Gasteiger partial charge in [-0.2, -0.15) is 0 Å². The molecule has 2 atom stereocenters. The monoisotopic (exact) mass is 239 g/mol. The molecule has 3 heteroatoms. The van der Waals surface area contributed by atoms with Gasteiger partial charge in [0.2, 0.25) is 0 Å². The summed E-state index contributed by atoms with van der Waals surface area (Å²) >= 11 is 0. The van der Waals surface area contributed by atoms with Gasteiger partial charge in [0.25, 0.3) is 0 Å². The lowest BCUT2D eigenvalue weighted by Crippen LogP contribution is -2.20. The van der Waals surface area contributed by atoms with E-state index in [4.69, 9.17) is 4.74 Å². The van der Waals surface area contributed by atoms with Crippen molar-refractivity contribution >= 4 is 0 Å². The summed E-state index contributed by atoms with van der Waals surface area (Å²) in [5, 5.41) is 0. The summed E-state index contributed by atoms with van der Waals surface area (Å²) in [7, 11) is 3.78. The van der Waals surface area contributed by atoms with Gasteiger partial charge in [-0.15, -0.1) is 0 Å². The number of hydrogen-bond acceptors (Lipinski definition) is 2. The Labute approximate surface area is 103 Å². The first-order valence-electron chi connectivity index (χ1n) is 6.19. The highest BCUT2D eigenvalue weighted by Crippen LogP contribution is 2.31. The van der Waals surface area contributed by atoms with Gasteiger partial charge in [-0.25, -0.2) is 4.39 Å². The van der Waals surface area contributed by atoms with Crippen molar-refractivity contribution < 1.29 is 9.13 Å². The molecule has 0 aromatic heterocycles. The molecule has 2 unspecified atom stereocenters. The van der Waals surface area contributed by atoms with E-state index in [0.29, 0.717) is 0 Å². The van der Waals surface area contributed by atoms with E-state index in [1.54, 1.807) is 19.2 Å². The molecule has 1 aliphatic heterocycles. The number of likely N-dealkylation sites (N-methyl/N-ethyl adjacent to an activating group) is 1. The highest BCUT2D eigenvalue weighted by Gasteiger charge is 2.30. The van der Waals surface area contributed by atoms with E-state index < -0.39 is 0 Å². The fourth-order valence-corrected chi connectivity index (χ4v) is 2.23. The molecule has 0 saturated carbocycles. The second kappa shape index (κ2) is 6.72. The van der Waals surface area contributed by atoms with E-state index in [1.807, 2.05) is 19.9 Å². The van der Waals surface area contributed by atoms with E-state index in [1.165, 1.54) is 6.07 Å². The molecule has 0 spiro atoms. The third kappa shape index (κ3) is 3.51. The molecule has 2 rings (SSSR count). The van der Waals surface area contributed by atoms with Crippen LogP contribution in [0.15, 0.2) is 24.3 Å². The van der Waals surface area contributed by atoms with Gasteiger partial charge in [0.05, 0.1) is 6.10 Å². The molecule has 0 radical (unpaired) electrons. The minimum Gasteiger partial charge on any atom is -0.380 e. The first-order valence-corrected chi connectivity index (χ1v) is 6.19. The number of halogens is 1. The van der Waals surface area contributed by atoms with E-state index in [9.17, 15) is 4.39 Å². The summed E-state index contributed by atoms with van der Waals surface area (Å²) in [4.78, 5) is 2.21. The van der Waals surface area contributed by atoms with Crippen molar-refractivity contribution in [2.24, 2.45) is 0 Å². The average Bonchev–Trinajstić information content (AvgIpc) is 2.73. The minimum absolute atomic E-state index is 0.165. The number of rotatable bonds is 2. The predicted molar refractivity (Wildman–Crippen MR) is 68.5 cm³/mol. The molecule has 1 aromatic carbocycles. The molecule has 17 heavy (non-hydrogen) atoms. The molecule has 1 aromatic rings. The maximum absolute atomic E-state index is 13.1. The number of hydrogen-bond donors (Lipinski definition) is 0. The third-order valence-electron chi connectivity index (χ3n) is 3.08. The Kier molecular flexibility index (Phi) is 5.59. The molecule has 0 N–H and O–H groups in total. The van der Waals surface area contributed by atoms with Gasteiger partial charge < -0.3 is 4.74 Å². The second-order valence-corrected chi connectivity index (χ2v) is 4.10. The first kappa shape index (κ1) is 14.1. The van der Waals surface area contributed by atoms with Crippen molar-refractivity contribution in [1.82, 2.24) is 4.90 Å². The van der Waals surface area contributed by atoms with E-state index >= 15 is 0 Å². The van der Waals surface area contributed by atoms with Crippen LogP contribution in [0.1, 0.15) is 31.9 Å². The molecule has 0 bridgehead atoms. The molecular weight excluding hydrogens is 217 g/mol. The normalized spacial score (nSPS) is 24.3. The van der Waals surface area contributed by atoms with Gasteiger partial charge in [0, 0.05) is 19.7 Å². The van der Waals surface area contributed by atoms with Crippen LogP contribution in [0.25, 0.3) is 0 Å². The molecule has 96 valence electrons. The van der Waals surface area contributed by atoms with Gasteiger partial charge in [0.1, 0.15) is 5.82 Å². The van der Waals surface area contributed by atoms with Crippen molar-refractivity contribution in [1.29, 1.82) is 0 Å². The summed E-state index contributed by atoms with van der Waals surface area (Å²) < 4.78 is 18.4. The van der Waals surface area contributed by atoms with Crippen molar-refractivity contribution in [3.05, 3.63) is 35.6 Å². The van der Waals surface area contributed by atoms with Crippen LogP contribution in [-0.2, 0) is 4.74 Å². The Morgan fingerprint density at radius 2 is 2.06 bits per heavy atom. The zero-order chi connectivity index (χ0) is 12.8. The van der Waals surface area contributed by atoms with Crippen LogP contribution < -0.4 is 0 Å². The van der Waals surface area contributed by atoms with Gasteiger partial charge in [-0.05, 0) is 31.2 Å². The summed E-state index contributed by atoms with van der Waals surface area (Å²) in [6.07, 6.45) is 1.21. The maximum atomic E-state index is 13.1. The van der Waals surface area contributed by atoms with Crippen LogP contribution in [0.4, 0.5) is 4.39 Å². The van der Waals surface area contributed by atoms with Crippen LogP contribution in [0.2, 0.25) is 0 Å².